The zero-order chi connectivity index (χ0) is 15.4. The first-order chi connectivity index (χ1) is 9.99. The molecule has 5 nitrogen and oxygen atoms in total. The zero-order valence-electron chi connectivity index (χ0n) is 12.1. The molecule has 1 fully saturated rings. The topological polar surface area (TPSA) is 58.6 Å². The molecule has 6 heteroatoms. The summed E-state index contributed by atoms with van der Waals surface area (Å²) in [6.07, 6.45) is 0.590. The fraction of sp³-hybridized carbons (Fsp3) is 0.467. The van der Waals surface area contributed by atoms with Crippen molar-refractivity contribution >= 4 is 23.5 Å². The summed E-state index contributed by atoms with van der Waals surface area (Å²) in [7, 11) is 0. The molecule has 2 rings (SSSR count). The Morgan fingerprint density at radius 1 is 1.29 bits per heavy atom. The molecule has 1 aromatic rings. The SMILES string of the molecule is CC(C)[C@@H]1NC(=O)N(CCCOc2ccc(Cl)cc2)C1=O. The third-order valence-corrected chi connectivity index (χ3v) is 3.58. The molecule has 1 saturated heterocycles. The Labute approximate surface area is 129 Å². The second-order valence-corrected chi connectivity index (χ2v) is 5.75. The first-order valence-corrected chi connectivity index (χ1v) is 7.37. The second kappa shape index (κ2) is 6.80. The van der Waals surface area contributed by atoms with Crippen molar-refractivity contribution in [3.8, 4) is 5.75 Å². The number of carbonyl (C=O) groups is 2. The highest BCUT2D eigenvalue weighted by atomic mass is 35.5. The van der Waals surface area contributed by atoms with Crippen LogP contribution in [0.2, 0.25) is 5.02 Å². The predicted molar refractivity (Wildman–Crippen MR) is 80.4 cm³/mol. The van der Waals surface area contributed by atoms with E-state index in [1.807, 2.05) is 13.8 Å². The van der Waals surface area contributed by atoms with Gasteiger partial charge in [0.05, 0.1) is 6.61 Å². The van der Waals surface area contributed by atoms with Crippen molar-refractivity contribution in [1.29, 1.82) is 0 Å². The number of rotatable bonds is 6. The monoisotopic (exact) mass is 310 g/mol. The third-order valence-electron chi connectivity index (χ3n) is 3.33. The van der Waals surface area contributed by atoms with Crippen LogP contribution >= 0.6 is 11.6 Å². The Kier molecular flexibility index (Phi) is 5.07. The lowest BCUT2D eigenvalue weighted by atomic mass is 10.1. The fourth-order valence-electron chi connectivity index (χ4n) is 2.15. The Morgan fingerprint density at radius 3 is 2.52 bits per heavy atom. The van der Waals surface area contributed by atoms with Gasteiger partial charge in [-0.05, 0) is 36.6 Å². The van der Waals surface area contributed by atoms with Gasteiger partial charge in [-0.25, -0.2) is 4.79 Å². The smallest absolute Gasteiger partial charge is 0.324 e. The summed E-state index contributed by atoms with van der Waals surface area (Å²) in [5, 5.41) is 3.35. The van der Waals surface area contributed by atoms with Gasteiger partial charge >= 0.3 is 6.03 Å². The van der Waals surface area contributed by atoms with Crippen molar-refractivity contribution in [2.24, 2.45) is 5.92 Å². The van der Waals surface area contributed by atoms with E-state index in [-0.39, 0.29) is 17.9 Å². The maximum Gasteiger partial charge on any atom is 0.324 e. The van der Waals surface area contributed by atoms with Gasteiger partial charge in [0, 0.05) is 11.6 Å². The molecule has 1 aliphatic rings. The van der Waals surface area contributed by atoms with E-state index in [1.165, 1.54) is 4.90 Å². The highest BCUT2D eigenvalue weighted by Gasteiger charge is 2.38. The van der Waals surface area contributed by atoms with Crippen LogP contribution in [-0.2, 0) is 4.79 Å². The number of hydrogen-bond donors (Lipinski definition) is 1. The number of carbonyl (C=O) groups excluding carboxylic acids is 2. The number of benzene rings is 1. The summed E-state index contributed by atoms with van der Waals surface area (Å²) >= 11 is 5.79. The lowest BCUT2D eigenvalue weighted by Gasteiger charge is -2.14. The van der Waals surface area contributed by atoms with E-state index in [9.17, 15) is 9.59 Å². The van der Waals surface area contributed by atoms with Crippen molar-refractivity contribution in [3.63, 3.8) is 0 Å². The standard InChI is InChI=1S/C15H19ClN2O3/c1-10(2)13-14(19)18(15(20)17-13)8-3-9-21-12-6-4-11(16)5-7-12/h4-7,10,13H,3,8-9H2,1-2H3,(H,17,20)/t13-/m0/s1. The zero-order valence-corrected chi connectivity index (χ0v) is 12.9. The van der Waals surface area contributed by atoms with Gasteiger partial charge in [0.1, 0.15) is 11.8 Å². The Bertz CT molecular complexity index is 516. The summed E-state index contributed by atoms with van der Waals surface area (Å²) in [5.74, 6) is 0.662. The summed E-state index contributed by atoms with van der Waals surface area (Å²) in [6.45, 7) is 4.62. The average molecular weight is 311 g/mol. The van der Waals surface area contributed by atoms with Crippen LogP contribution in [0, 0.1) is 5.92 Å². The number of ether oxygens (including phenoxy) is 1. The minimum atomic E-state index is -0.408. The molecule has 0 radical (unpaired) electrons. The van der Waals surface area contributed by atoms with E-state index in [0.717, 1.165) is 5.75 Å². The molecule has 114 valence electrons. The van der Waals surface area contributed by atoms with E-state index in [4.69, 9.17) is 16.3 Å². The van der Waals surface area contributed by atoms with Crippen LogP contribution in [0.5, 0.6) is 5.75 Å². The molecule has 0 spiro atoms. The molecular formula is C15H19ClN2O3. The summed E-state index contributed by atoms with van der Waals surface area (Å²) in [4.78, 5) is 25.0. The van der Waals surface area contributed by atoms with Crippen molar-refractivity contribution in [1.82, 2.24) is 10.2 Å². The van der Waals surface area contributed by atoms with E-state index in [1.54, 1.807) is 24.3 Å². The molecule has 0 aromatic heterocycles. The summed E-state index contributed by atoms with van der Waals surface area (Å²) in [6, 6.07) is 6.35. The van der Waals surface area contributed by atoms with Crippen molar-refractivity contribution in [2.45, 2.75) is 26.3 Å². The van der Waals surface area contributed by atoms with Crippen LogP contribution in [-0.4, -0.2) is 36.0 Å². The third kappa shape index (κ3) is 3.88. The molecule has 0 bridgehead atoms. The number of imide groups is 1. The molecule has 0 unspecified atom stereocenters. The van der Waals surface area contributed by atoms with Gasteiger partial charge in [-0.1, -0.05) is 25.4 Å². The van der Waals surface area contributed by atoms with E-state index >= 15 is 0 Å². The largest absolute Gasteiger partial charge is 0.494 e. The van der Waals surface area contributed by atoms with Gasteiger partial charge < -0.3 is 10.1 Å². The number of nitrogens with one attached hydrogen (secondary N) is 1. The van der Waals surface area contributed by atoms with Gasteiger partial charge in [-0.15, -0.1) is 0 Å². The van der Waals surface area contributed by atoms with Gasteiger partial charge in [0.25, 0.3) is 5.91 Å². The molecule has 1 aliphatic heterocycles. The van der Waals surface area contributed by atoms with Gasteiger partial charge in [-0.3, -0.25) is 9.69 Å². The number of halogens is 1. The Balaban J connectivity index is 1.77. The van der Waals surface area contributed by atoms with Crippen molar-refractivity contribution in [3.05, 3.63) is 29.3 Å². The highest BCUT2D eigenvalue weighted by Crippen LogP contribution is 2.16. The number of amides is 3. The van der Waals surface area contributed by atoms with Gasteiger partial charge in [0.15, 0.2) is 0 Å². The van der Waals surface area contributed by atoms with Gasteiger partial charge in [-0.2, -0.15) is 0 Å². The van der Waals surface area contributed by atoms with E-state index in [0.29, 0.717) is 24.6 Å². The van der Waals surface area contributed by atoms with Crippen LogP contribution < -0.4 is 10.1 Å². The number of hydrogen-bond acceptors (Lipinski definition) is 3. The quantitative estimate of drug-likeness (QED) is 0.649. The van der Waals surface area contributed by atoms with E-state index < -0.39 is 6.04 Å². The lowest BCUT2D eigenvalue weighted by molar-refractivity contribution is -0.128. The summed E-state index contributed by atoms with van der Waals surface area (Å²) < 4.78 is 5.54. The maximum atomic E-state index is 12.0. The molecule has 1 heterocycles. The first kappa shape index (κ1) is 15.6. The normalized spacial score (nSPS) is 18.3. The van der Waals surface area contributed by atoms with Crippen LogP contribution in [0.15, 0.2) is 24.3 Å². The minimum absolute atomic E-state index is 0.0942. The maximum absolute atomic E-state index is 12.0. The summed E-state index contributed by atoms with van der Waals surface area (Å²) in [5.41, 5.74) is 0. The predicted octanol–water partition coefficient (Wildman–Crippen LogP) is 2.69. The number of nitrogens with zero attached hydrogens (tertiary/aromatic N) is 1. The molecule has 21 heavy (non-hydrogen) atoms. The van der Waals surface area contributed by atoms with E-state index in [2.05, 4.69) is 5.32 Å². The molecule has 1 atom stereocenters. The van der Waals surface area contributed by atoms with Crippen LogP contribution in [0.25, 0.3) is 0 Å². The Morgan fingerprint density at radius 2 is 1.95 bits per heavy atom. The van der Waals surface area contributed by atoms with Crippen LogP contribution in [0.3, 0.4) is 0 Å². The second-order valence-electron chi connectivity index (χ2n) is 5.32. The molecule has 1 aromatic carbocycles. The van der Waals surface area contributed by atoms with Gasteiger partial charge in [0.2, 0.25) is 0 Å². The lowest BCUT2D eigenvalue weighted by Crippen LogP contribution is -2.35. The number of urea groups is 1. The minimum Gasteiger partial charge on any atom is -0.494 e. The fourth-order valence-corrected chi connectivity index (χ4v) is 2.27. The van der Waals surface area contributed by atoms with Crippen LogP contribution in [0.4, 0.5) is 4.79 Å². The molecule has 0 saturated carbocycles. The van der Waals surface area contributed by atoms with Crippen molar-refractivity contribution < 1.29 is 14.3 Å². The molecule has 1 N–H and O–H groups in total. The first-order valence-electron chi connectivity index (χ1n) is 6.99. The van der Waals surface area contributed by atoms with Crippen molar-refractivity contribution in [2.75, 3.05) is 13.2 Å². The molecule has 0 aliphatic carbocycles. The average Bonchev–Trinajstić information content (AvgIpc) is 2.73. The molecular weight excluding hydrogens is 292 g/mol. The Hall–Kier alpha value is -1.75. The molecule has 3 amide bonds. The highest BCUT2D eigenvalue weighted by molar-refractivity contribution is 6.30. The van der Waals surface area contributed by atoms with Crippen LogP contribution in [0.1, 0.15) is 20.3 Å².